The molecule has 0 saturated carbocycles. The number of aryl methyl sites for hydroxylation is 1. The van der Waals surface area contributed by atoms with Gasteiger partial charge in [-0.05, 0) is 37.4 Å². The molecule has 102 valence electrons. The molecule has 1 aromatic rings. The van der Waals surface area contributed by atoms with Crippen LogP contribution in [0.25, 0.3) is 0 Å². The lowest BCUT2D eigenvalue weighted by molar-refractivity contribution is 0.0712. The largest absolute Gasteiger partial charge is 0.387 e. The van der Waals surface area contributed by atoms with Crippen LogP contribution in [0, 0.1) is 12.3 Å². The van der Waals surface area contributed by atoms with Crippen LogP contribution in [0.3, 0.4) is 0 Å². The van der Waals surface area contributed by atoms with E-state index in [2.05, 4.69) is 39.6 Å². The van der Waals surface area contributed by atoms with Gasteiger partial charge in [-0.15, -0.1) is 0 Å². The number of aliphatic hydroxyl groups excluding tert-OH is 1. The highest BCUT2D eigenvalue weighted by Crippen LogP contribution is 2.25. The van der Waals surface area contributed by atoms with Gasteiger partial charge in [0.25, 0.3) is 0 Å². The first-order chi connectivity index (χ1) is 8.23. The van der Waals surface area contributed by atoms with Gasteiger partial charge in [-0.1, -0.05) is 45.0 Å². The van der Waals surface area contributed by atoms with Crippen molar-refractivity contribution < 1.29 is 5.11 Å². The molecule has 0 aromatic heterocycles. The van der Waals surface area contributed by atoms with Crippen molar-refractivity contribution >= 4 is 0 Å². The van der Waals surface area contributed by atoms with E-state index in [4.69, 9.17) is 0 Å². The molecular formula is C16H27NO. The van der Waals surface area contributed by atoms with Crippen molar-refractivity contribution in [1.82, 2.24) is 4.90 Å². The highest BCUT2D eigenvalue weighted by Gasteiger charge is 2.25. The summed E-state index contributed by atoms with van der Waals surface area (Å²) in [4.78, 5) is 2.23. The Hall–Kier alpha value is -0.860. The number of likely N-dealkylation sites (N-methyl/N-ethyl adjacent to an activating group) is 1. The summed E-state index contributed by atoms with van der Waals surface area (Å²) in [5.74, 6) is 0. The molecule has 1 N–H and O–H groups in total. The molecule has 1 aromatic carbocycles. The van der Waals surface area contributed by atoms with Crippen molar-refractivity contribution in [3.05, 3.63) is 35.4 Å². The van der Waals surface area contributed by atoms with Gasteiger partial charge in [0.05, 0.1) is 6.10 Å². The Bertz CT molecular complexity index is 381. The molecule has 18 heavy (non-hydrogen) atoms. The Kier molecular flexibility index (Phi) is 4.94. The molecule has 2 nitrogen and oxygen atoms in total. The molecule has 2 unspecified atom stereocenters. The first-order valence-electron chi connectivity index (χ1n) is 6.67. The summed E-state index contributed by atoms with van der Waals surface area (Å²) in [5.41, 5.74) is 2.41. The summed E-state index contributed by atoms with van der Waals surface area (Å²) in [6.07, 6.45) is -0.416. The van der Waals surface area contributed by atoms with Crippen LogP contribution in [0.4, 0.5) is 0 Å². The highest BCUT2D eigenvalue weighted by atomic mass is 16.3. The third kappa shape index (κ3) is 3.82. The molecule has 0 bridgehead atoms. The minimum atomic E-state index is -0.416. The van der Waals surface area contributed by atoms with Crippen LogP contribution >= 0.6 is 0 Å². The normalized spacial score (nSPS) is 15.8. The van der Waals surface area contributed by atoms with Crippen LogP contribution in [0.1, 0.15) is 44.9 Å². The maximum atomic E-state index is 10.3. The molecule has 2 heteroatoms. The van der Waals surface area contributed by atoms with Gasteiger partial charge in [-0.25, -0.2) is 0 Å². The molecule has 2 atom stereocenters. The van der Waals surface area contributed by atoms with E-state index in [1.807, 2.05) is 31.2 Å². The third-order valence-electron chi connectivity index (χ3n) is 3.92. The maximum absolute atomic E-state index is 10.3. The Labute approximate surface area is 112 Å². The molecule has 0 aliphatic carbocycles. The zero-order valence-corrected chi connectivity index (χ0v) is 12.6. The predicted octanol–water partition coefficient (Wildman–Crippen LogP) is 3.39. The zero-order chi connectivity index (χ0) is 13.9. The van der Waals surface area contributed by atoms with Crippen LogP contribution in [-0.4, -0.2) is 29.6 Å². The summed E-state index contributed by atoms with van der Waals surface area (Å²) in [7, 11) is 2.08. The highest BCUT2D eigenvalue weighted by molar-refractivity contribution is 5.27. The van der Waals surface area contributed by atoms with Crippen molar-refractivity contribution in [3.8, 4) is 0 Å². The predicted molar refractivity (Wildman–Crippen MR) is 77.7 cm³/mol. The molecule has 1 rings (SSSR count). The van der Waals surface area contributed by atoms with Crippen molar-refractivity contribution in [2.75, 3.05) is 13.6 Å². The number of benzene rings is 1. The number of nitrogens with zero attached hydrogens (tertiary/aromatic N) is 1. The van der Waals surface area contributed by atoms with Crippen molar-refractivity contribution in [2.24, 2.45) is 5.41 Å². The lowest BCUT2D eigenvalue weighted by atomic mass is 9.87. The molecule has 0 fully saturated rings. The second-order valence-electron chi connectivity index (χ2n) is 6.35. The van der Waals surface area contributed by atoms with E-state index in [1.165, 1.54) is 0 Å². The van der Waals surface area contributed by atoms with Gasteiger partial charge in [0.1, 0.15) is 0 Å². The van der Waals surface area contributed by atoms with Gasteiger partial charge in [-0.2, -0.15) is 0 Å². The minimum Gasteiger partial charge on any atom is -0.387 e. The second-order valence-corrected chi connectivity index (χ2v) is 6.35. The van der Waals surface area contributed by atoms with Crippen molar-refractivity contribution in [2.45, 2.75) is 46.8 Å². The topological polar surface area (TPSA) is 23.5 Å². The number of hydrogen-bond donors (Lipinski definition) is 1. The van der Waals surface area contributed by atoms with E-state index in [9.17, 15) is 5.11 Å². The average molecular weight is 249 g/mol. The maximum Gasteiger partial charge on any atom is 0.0919 e. The van der Waals surface area contributed by atoms with Crippen LogP contribution < -0.4 is 0 Å². The van der Waals surface area contributed by atoms with E-state index < -0.39 is 6.10 Å². The van der Waals surface area contributed by atoms with Crippen LogP contribution in [0.2, 0.25) is 0 Å². The summed E-state index contributed by atoms with van der Waals surface area (Å²) in [5, 5.41) is 10.3. The van der Waals surface area contributed by atoms with E-state index in [1.54, 1.807) is 0 Å². The third-order valence-corrected chi connectivity index (χ3v) is 3.92. The summed E-state index contributed by atoms with van der Waals surface area (Å²) in [6, 6.07) is 8.48. The molecular weight excluding hydrogens is 222 g/mol. The van der Waals surface area contributed by atoms with Gasteiger partial charge in [0.15, 0.2) is 0 Å². The standard InChI is InChI=1S/C16H27NO/c1-12-9-7-8-10-14(12)15(18)11-17(6)13(2)16(3,4)5/h7-10,13,15,18H,11H2,1-6H3. The van der Waals surface area contributed by atoms with Gasteiger partial charge >= 0.3 is 0 Å². The second kappa shape index (κ2) is 5.85. The zero-order valence-electron chi connectivity index (χ0n) is 12.6. The Balaban J connectivity index is 2.71. The van der Waals surface area contributed by atoms with E-state index in [0.717, 1.165) is 11.1 Å². The first kappa shape index (κ1) is 15.2. The van der Waals surface area contributed by atoms with Gasteiger partial charge in [-0.3, -0.25) is 0 Å². The SMILES string of the molecule is Cc1ccccc1C(O)CN(C)C(C)C(C)(C)C. The summed E-state index contributed by atoms with van der Waals surface area (Å²) in [6.45, 7) is 11.6. The average Bonchev–Trinajstić information content (AvgIpc) is 2.27. The Morgan fingerprint density at radius 2 is 1.78 bits per heavy atom. The monoisotopic (exact) mass is 249 g/mol. The van der Waals surface area contributed by atoms with Crippen molar-refractivity contribution in [3.63, 3.8) is 0 Å². The summed E-state index contributed by atoms with van der Waals surface area (Å²) >= 11 is 0. The number of aliphatic hydroxyl groups is 1. The molecule has 0 spiro atoms. The number of hydrogen-bond acceptors (Lipinski definition) is 2. The molecule has 0 heterocycles. The molecule has 0 aliphatic heterocycles. The van der Waals surface area contributed by atoms with Gasteiger partial charge in [0.2, 0.25) is 0 Å². The Morgan fingerprint density at radius 3 is 2.28 bits per heavy atom. The van der Waals surface area contributed by atoms with Crippen molar-refractivity contribution in [1.29, 1.82) is 0 Å². The van der Waals surface area contributed by atoms with Gasteiger partial charge < -0.3 is 10.0 Å². The van der Waals surface area contributed by atoms with Gasteiger partial charge in [0, 0.05) is 12.6 Å². The Morgan fingerprint density at radius 1 is 1.22 bits per heavy atom. The van der Waals surface area contributed by atoms with E-state index in [0.29, 0.717) is 12.6 Å². The lowest BCUT2D eigenvalue weighted by Crippen LogP contribution is -2.41. The number of rotatable bonds is 4. The van der Waals surface area contributed by atoms with E-state index in [-0.39, 0.29) is 5.41 Å². The first-order valence-corrected chi connectivity index (χ1v) is 6.67. The van der Waals surface area contributed by atoms with Crippen LogP contribution in [0.5, 0.6) is 0 Å². The van der Waals surface area contributed by atoms with Crippen LogP contribution in [0.15, 0.2) is 24.3 Å². The minimum absolute atomic E-state index is 0.222. The van der Waals surface area contributed by atoms with Crippen LogP contribution in [-0.2, 0) is 0 Å². The fourth-order valence-corrected chi connectivity index (χ4v) is 2.15. The smallest absolute Gasteiger partial charge is 0.0919 e. The fraction of sp³-hybridized carbons (Fsp3) is 0.625. The quantitative estimate of drug-likeness (QED) is 0.884. The molecule has 0 saturated heterocycles. The molecule has 0 amide bonds. The summed E-state index contributed by atoms with van der Waals surface area (Å²) < 4.78 is 0. The lowest BCUT2D eigenvalue weighted by Gasteiger charge is -2.36. The fourth-order valence-electron chi connectivity index (χ4n) is 2.15. The van der Waals surface area contributed by atoms with E-state index >= 15 is 0 Å². The molecule has 0 aliphatic rings. The molecule has 0 radical (unpaired) electrons.